The Morgan fingerprint density at radius 2 is 2.00 bits per heavy atom. The molecule has 0 saturated heterocycles. The Morgan fingerprint density at radius 3 is 2.57 bits per heavy atom. The lowest BCUT2D eigenvalue weighted by Gasteiger charge is -2.25. The monoisotopic (exact) mass is 305 g/mol. The Kier molecular flexibility index (Phi) is 4.85. The molecule has 1 N–H and O–H groups in total. The van der Waals surface area contributed by atoms with Crippen LogP contribution in [-0.4, -0.2) is 23.9 Å². The van der Waals surface area contributed by atoms with E-state index in [0.29, 0.717) is 22.8 Å². The second-order valence-corrected chi connectivity index (χ2v) is 5.23. The van der Waals surface area contributed by atoms with Crippen molar-refractivity contribution in [2.24, 2.45) is 0 Å². The maximum Gasteiger partial charge on any atom is 0.338 e. The molecule has 2 rings (SSSR count). The number of rotatable bonds is 5. The van der Waals surface area contributed by atoms with Crippen LogP contribution in [-0.2, 0) is 0 Å². The van der Waals surface area contributed by atoms with Crippen molar-refractivity contribution in [1.82, 2.24) is 0 Å². The quantitative estimate of drug-likeness (QED) is 0.831. The minimum absolute atomic E-state index is 0.246. The summed E-state index contributed by atoms with van der Waals surface area (Å²) in [6.45, 7) is 2.45. The van der Waals surface area contributed by atoms with Gasteiger partial charge in [0, 0.05) is 17.1 Å². The molecule has 0 aromatic heterocycles. The molecular formula is C16H16FNO2S. The van der Waals surface area contributed by atoms with Crippen molar-refractivity contribution in [3.63, 3.8) is 0 Å². The average Bonchev–Trinajstić information content (AvgIpc) is 2.47. The SMILES string of the molecule is CCN(c1cccc(F)c1)c1cccc(SC)c1C(=O)O. The molecule has 21 heavy (non-hydrogen) atoms. The van der Waals surface area contributed by atoms with Crippen LogP contribution in [0.2, 0.25) is 0 Å². The van der Waals surface area contributed by atoms with E-state index in [0.717, 1.165) is 0 Å². The Balaban J connectivity index is 2.60. The maximum absolute atomic E-state index is 13.4. The van der Waals surface area contributed by atoms with Crippen LogP contribution < -0.4 is 4.90 Å². The van der Waals surface area contributed by atoms with Crippen LogP contribution in [0.15, 0.2) is 47.4 Å². The van der Waals surface area contributed by atoms with E-state index in [1.165, 1.54) is 23.9 Å². The lowest BCUT2D eigenvalue weighted by Crippen LogP contribution is -2.19. The van der Waals surface area contributed by atoms with Crippen LogP contribution in [0.25, 0.3) is 0 Å². The molecule has 2 aromatic carbocycles. The largest absolute Gasteiger partial charge is 0.478 e. The highest BCUT2D eigenvalue weighted by molar-refractivity contribution is 7.98. The Labute approximate surface area is 127 Å². The van der Waals surface area contributed by atoms with E-state index in [4.69, 9.17) is 0 Å². The van der Waals surface area contributed by atoms with E-state index in [9.17, 15) is 14.3 Å². The van der Waals surface area contributed by atoms with Crippen molar-refractivity contribution in [1.29, 1.82) is 0 Å². The van der Waals surface area contributed by atoms with Gasteiger partial charge < -0.3 is 10.0 Å². The number of aromatic carboxylic acids is 1. The fourth-order valence-corrected chi connectivity index (χ4v) is 2.88. The van der Waals surface area contributed by atoms with E-state index in [1.807, 2.05) is 19.2 Å². The fraction of sp³-hybridized carbons (Fsp3) is 0.188. The van der Waals surface area contributed by atoms with E-state index in [-0.39, 0.29) is 11.4 Å². The van der Waals surface area contributed by atoms with Gasteiger partial charge in [-0.05, 0) is 43.5 Å². The molecule has 0 heterocycles. The summed E-state index contributed by atoms with van der Waals surface area (Å²) in [5, 5.41) is 9.51. The third-order valence-electron chi connectivity index (χ3n) is 3.16. The summed E-state index contributed by atoms with van der Waals surface area (Å²) in [4.78, 5) is 14.1. The number of carboxylic acid groups (broad SMARTS) is 1. The highest BCUT2D eigenvalue weighted by atomic mass is 32.2. The first kappa shape index (κ1) is 15.4. The maximum atomic E-state index is 13.4. The molecule has 0 spiro atoms. The molecule has 3 nitrogen and oxygen atoms in total. The van der Waals surface area contributed by atoms with Gasteiger partial charge in [-0.1, -0.05) is 12.1 Å². The number of carboxylic acids is 1. The van der Waals surface area contributed by atoms with E-state index < -0.39 is 5.97 Å². The van der Waals surface area contributed by atoms with Crippen molar-refractivity contribution in [2.75, 3.05) is 17.7 Å². The van der Waals surface area contributed by atoms with Crippen LogP contribution in [0, 0.1) is 5.82 Å². The molecule has 0 aliphatic heterocycles. The van der Waals surface area contributed by atoms with Gasteiger partial charge in [0.15, 0.2) is 0 Å². The van der Waals surface area contributed by atoms with Gasteiger partial charge in [-0.25, -0.2) is 9.18 Å². The van der Waals surface area contributed by atoms with Crippen LogP contribution in [0.1, 0.15) is 17.3 Å². The summed E-state index contributed by atoms with van der Waals surface area (Å²) in [5.74, 6) is -1.33. The Hall–Kier alpha value is -2.01. The first-order valence-electron chi connectivity index (χ1n) is 6.52. The first-order chi connectivity index (χ1) is 10.1. The van der Waals surface area contributed by atoms with Gasteiger partial charge in [0.25, 0.3) is 0 Å². The van der Waals surface area contributed by atoms with Gasteiger partial charge in [0.2, 0.25) is 0 Å². The van der Waals surface area contributed by atoms with Crippen molar-refractivity contribution >= 4 is 29.1 Å². The lowest BCUT2D eigenvalue weighted by atomic mass is 10.1. The van der Waals surface area contributed by atoms with E-state index in [1.54, 1.807) is 29.2 Å². The minimum atomic E-state index is -0.982. The Bertz CT molecular complexity index is 660. The fourth-order valence-electron chi connectivity index (χ4n) is 2.27. The number of halogens is 1. The van der Waals surface area contributed by atoms with E-state index in [2.05, 4.69) is 0 Å². The number of hydrogen-bond donors (Lipinski definition) is 1. The molecule has 110 valence electrons. The van der Waals surface area contributed by atoms with Crippen molar-refractivity contribution in [3.8, 4) is 0 Å². The minimum Gasteiger partial charge on any atom is -0.478 e. The summed E-state index contributed by atoms with van der Waals surface area (Å²) in [6, 6.07) is 11.5. The Morgan fingerprint density at radius 1 is 1.29 bits per heavy atom. The second kappa shape index (κ2) is 6.63. The lowest BCUT2D eigenvalue weighted by molar-refractivity contribution is 0.0694. The molecule has 0 atom stereocenters. The highest BCUT2D eigenvalue weighted by Crippen LogP contribution is 2.34. The molecule has 0 aliphatic carbocycles. The second-order valence-electron chi connectivity index (χ2n) is 4.38. The van der Waals surface area contributed by atoms with Gasteiger partial charge in [-0.2, -0.15) is 0 Å². The molecule has 0 aliphatic rings. The summed E-state index contributed by atoms with van der Waals surface area (Å²) in [6.07, 6.45) is 1.84. The van der Waals surface area contributed by atoms with Crippen molar-refractivity contribution in [2.45, 2.75) is 11.8 Å². The summed E-state index contributed by atoms with van der Waals surface area (Å²) < 4.78 is 13.4. The summed E-state index contributed by atoms with van der Waals surface area (Å²) in [5.41, 5.74) is 1.46. The van der Waals surface area contributed by atoms with Gasteiger partial charge in [0.05, 0.1) is 11.3 Å². The normalized spacial score (nSPS) is 10.4. The molecule has 0 fully saturated rings. The predicted molar refractivity (Wildman–Crippen MR) is 84.3 cm³/mol. The van der Waals surface area contributed by atoms with Gasteiger partial charge >= 0.3 is 5.97 Å². The van der Waals surface area contributed by atoms with Gasteiger partial charge in [-0.3, -0.25) is 0 Å². The molecular weight excluding hydrogens is 289 g/mol. The topological polar surface area (TPSA) is 40.5 Å². The third-order valence-corrected chi connectivity index (χ3v) is 3.94. The first-order valence-corrected chi connectivity index (χ1v) is 7.74. The summed E-state index contributed by atoms with van der Waals surface area (Å²) in [7, 11) is 0. The molecule has 5 heteroatoms. The summed E-state index contributed by atoms with van der Waals surface area (Å²) >= 11 is 1.38. The van der Waals surface area contributed by atoms with Crippen LogP contribution in [0.4, 0.5) is 15.8 Å². The zero-order valence-corrected chi connectivity index (χ0v) is 12.7. The molecule has 2 aromatic rings. The van der Waals surface area contributed by atoms with Gasteiger partial charge in [0.1, 0.15) is 5.82 Å². The van der Waals surface area contributed by atoms with Crippen LogP contribution in [0.3, 0.4) is 0 Å². The molecule has 0 amide bonds. The molecule has 0 saturated carbocycles. The predicted octanol–water partition coefficient (Wildman–Crippen LogP) is 4.40. The zero-order valence-electron chi connectivity index (χ0n) is 11.8. The van der Waals surface area contributed by atoms with Crippen molar-refractivity contribution < 1.29 is 14.3 Å². The third kappa shape index (κ3) is 3.19. The number of anilines is 2. The molecule has 0 radical (unpaired) electrons. The number of benzene rings is 2. The van der Waals surface area contributed by atoms with E-state index >= 15 is 0 Å². The van der Waals surface area contributed by atoms with Gasteiger partial charge in [-0.15, -0.1) is 11.8 Å². The molecule has 0 bridgehead atoms. The number of hydrogen-bond acceptors (Lipinski definition) is 3. The number of thioether (sulfide) groups is 1. The molecule has 0 unspecified atom stereocenters. The van der Waals surface area contributed by atoms with Crippen LogP contribution >= 0.6 is 11.8 Å². The van der Waals surface area contributed by atoms with Crippen LogP contribution in [0.5, 0.6) is 0 Å². The number of nitrogens with zero attached hydrogens (tertiary/aromatic N) is 1. The van der Waals surface area contributed by atoms with Crippen molar-refractivity contribution in [3.05, 3.63) is 53.8 Å². The highest BCUT2D eigenvalue weighted by Gasteiger charge is 2.20. The standard InChI is InChI=1S/C16H16FNO2S/c1-3-18(12-7-4-6-11(17)10-12)13-8-5-9-14(21-2)15(13)16(19)20/h4-10H,3H2,1-2H3,(H,19,20). The number of carbonyl (C=O) groups is 1. The zero-order chi connectivity index (χ0) is 15.4. The smallest absolute Gasteiger partial charge is 0.338 e. The average molecular weight is 305 g/mol.